The van der Waals surface area contributed by atoms with Gasteiger partial charge in [-0.25, -0.2) is 4.98 Å². The third kappa shape index (κ3) is 3.56. The zero-order valence-electron chi connectivity index (χ0n) is 15.2. The molecule has 0 spiro atoms. The molecule has 27 heavy (non-hydrogen) atoms. The molecule has 6 heteroatoms. The van der Waals surface area contributed by atoms with Crippen molar-refractivity contribution in [3.63, 3.8) is 0 Å². The topological polar surface area (TPSA) is 68.5 Å². The summed E-state index contributed by atoms with van der Waals surface area (Å²) in [5.74, 6) is 1.15. The van der Waals surface area contributed by atoms with Crippen molar-refractivity contribution in [2.75, 3.05) is 20.2 Å². The number of aromatic nitrogens is 2. The van der Waals surface area contributed by atoms with E-state index in [1.54, 1.807) is 19.5 Å². The molecule has 1 aliphatic rings. The minimum atomic E-state index is -0.158. The lowest BCUT2D eigenvalue weighted by atomic mass is 10.1. The predicted molar refractivity (Wildman–Crippen MR) is 101 cm³/mol. The summed E-state index contributed by atoms with van der Waals surface area (Å²) < 4.78 is 11.2. The van der Waals surface area contributed by atoms with Crippen LogP contribution in [0, 0.1) is 0 Å². The summed E-state index contributed by atoms with van der Waals surface area (Å²) in [6, 6.07) is 11.5. The first-order valence-electron chi connectivity index (χ1n) is 9.11. The van der Waals surface area contributed by atoms with E-state index >= 15 is 0 Å². The lowest BCUT2D eigenvalue weighted by Gasteiger charge is -2.25. The van der Waals surface area contributed by atoms with Crippen molar-refractivity contribution in [3.8, 4) is 28.3 Å². The number of piperidine rings is 1. The molecule has 6 nitrogen and oxygen atoms in total. The van der Waals surface area contributed by atoms with Crippen molar-refractivity contribution in [3.05, 3.63) is 54.7 Å². The normalized spacial score (nSPS) is 14.2. The second-order valence-electron chi connectivity index (χ2n) is 6.53. The van der Waals surface area contributed by atoms with Crippen LogP contribution >= 0.6 is 0 Å². The maximum absolute atomic E-state index is 12.9. The Kier molecular flexibility index (Phi) is 4.87. The molecule has 3 aromatic rings. The lowest BCUT2D eigenvalue weighted by molar-refractivity contribution is 0.0685. The van der Waals surface area contributed by atoms with Crippen LogP contribution in [-0.4, -0.2) is 41.0 Å². The fraction of sp³-hybridized carbons (Fsp3) is 0.286. The number of carbonyl (C=O) groups excluding carboxylic acids is 1. The molecule has 4 rings (SSSR count). The van der Waals surface area contributed by atoms with E-state index in [0.29, 0.717) is 17.2 Å². The maximum Gasteiger partial charge on any atom is 0.309 e. The zero-order valence-corrected chi connectivity index (χ0v) is 15.2. The standard InChI is InChI=1S/C21H21N3O3/c1-26-17-12-16(13-22-14-17)18-19(15-8-4-2-5-9-15)27-20(23-18)21(25)24-10-6-3-7-11-24/h2,4-5,8-9,12-14H,3,6-7,10-11H2,1H3. The minimum absolute atomic E-state index is 0.119. The quantitative estimate of drug-likeness (QED) is 0.700. The van der Waals surface area contributed by atoms with Gasteiger partial charge in [-0.2, -0.15) is 0 Å². The van der Waals surface area contributed by atoms with E-state index in [0.717, 1.165) is 43.5 Å². The van der Waals surface area contributed by atoms with Crippen LogP contribution in [0.1, 0.15) is 29.9 Å². The van der Waals surface area contributed by atoms with Crippen LogP contribution in [0.15, 0.2) is 53.2 Å². The molecule has 0 N–H and O–H groups in total. The van der Waals surface area contributed by atoms with Crippen molar-refractivity contribution in [1.29, 1.82) is 0 Å². The van der Waals surface area contributed by atoms with Crippen LogP contribution in [-0.2, 0) is 0 Å². The molecule has 3 heterocycles. The van der Waals surface area contributed by atoms with Crippen molar-refractivity contribution >= 4 is 5.91 Å². The highest BCUT2D eigenvalue weighted by atomic mass is 16.5. The fourth-order valence-corrected chi connectivity index (χ4v) is 3.28. The number of methoxy groups -OCH3 is 1. The Labute approximate surface area is 157 Å². The molecule has 0 saturated carbocycles. The molecule has 1 aliphatic heterocycles. The molecule has 1 saturated heterocycles. The van der Waals surface area contributed by atoms with Gasteiger partial charge in [0, 0.05) is 30.4 Å². The number of likely N-dealkylation sites (tertiary alicyclic amines) is 1. The third-order valence-corrected chi connectivity index (χ3v) is 4.71. The van der Waals surface area contributed by atoms with Gasteiger partial charge in [0.15, 0.2) is 5.76 Å². The van der Waals surface area contributed by atoms with Gasteiger partial charge < -0.3 is 14.1 Å². The van der Waals surface area contributed by atoms with Crippen LogP contribution in [0.5, 0.6) is 5.75 Å². The highest BCUT2D eigenvalue weighted by molar-refractivity contribution is 5.92. The van der Waals surface area contributed by atoms with Crippen molar-refractivity contribution in [2.45, 2.75) is 19.3 Å². The molecule has 0 radical (unpaired) electrons. The van der Waals surface area contributed by atoms with E-state index in [9.17, 15) is 4.79 Å². The number of pyridine rings is 1. The molecule has 138 valence electrons. The van der Waals surface area contributed by atoms with E-state index in [-0.39, 0.29) is 11.8 Å². The Hall–Kier alpha value is -3.15. The number of amides is 1. The van der Waals surface area contributed by atoms with E-state index in [2.05, 4.69) is 9.97 Å². The number of hydrogen-bond acceptors (Lipinski definition) is 5. The average Bonchev–Trinajstić information content (AvgIpc) is 3.20. The second kappa shape index (κ2) is 7.61. The molecular weight excluding hydrogens is 342 g/mol. The molecule has 2 aromatic heterocycles. The van der Waals surface area contributed by atoms with E-state index < -0.39 is 0 Å². The minimum Gasteiger partial charge on any atom is -0.495 e. The van der Waals surface area contributed by atoms with Crippen LogP contribution in [0.2, 0.25) is 0 Å². The first-order chi connectivity index (χ1) is 13.3. The summed E-state index contributed by atoms with van der Waals surface area (Å²) in [5.41, 5.74) is 2.20. The molecule has 0 aliphatic carbocycles. The van der Waals surface area contributed by atoms with Crippen LogP contribution in [0.4, 0.5) is 0 Å². The van der Waals surface area contributed by atoms with Gasteiger partial charge >= 0.3 is 5.91 Å². The maximum atomic E-state index is 12.9. The molecule has 1 amide bonds. The Balaban J connectivity index is 1.78. The van der Waals surface area contributed by atoms with Crippen molar-refractivity contribution in [2.24, 2.45) is 0 Å². The molecular formula is C21H21N3O3. The van der Waals surface area contributed by atoms with Crippen molar-refractivity contribution < 1.29 is 13.9 Å². The molecule has 1 aromatic carbocycles. The van der Waals surface area contributed by atoms with Gasteiger partial charge in [-0.1, -0.05) is 30.3 Å². The highest BCUT2D eigenvalue weighted by Crippen LogP contribution is 2.34. The SMILES string of the molecule is COc1cncc(-c2nc(C(=O)N3CCCCC3)oc2-c2ccccc2)c1. The zero-order chi connectivity index (χ0) is 18.6. The van der Waals surface area contributed by atoms with Gasteiger partial charge in [0.25, 0.3) is 5.89 Å². The summed E-state index contributed by atoms with van der Waals surface area (Å²) in [5, 5.41) is 0. The highest BCUT2D eigenvalue weighted by Gasteiger charge is 2.26. The fourth-order valence-electron chi connectivity index (χ4n) is 3.28. The smallest absolute Gasteiger partial charge is 0.309 e. The molecule has 0 unspecified atom stereocenters. The Bertz CT molecular complexity index is 931. The number of oxazole rings is 1. The number of ether oxygens (including phenoxy) is 1. The summed E-state index contributed by atoms with van der Waals surface area (Å²) in [6.07, 6.45) is 6.52. The third-order valence-electron chi connectivity index (χ3n) is 4.71. The average molecular weight is 363 g/mol. The molecule has 1 fully saturated rings. The number of hydrogen-bond donors (Lipinski definition) is 0. The van der Waals surface area contributed by atoms with Gasteiger partial charge in [0.1, 0.15) is 11.4 Å². The number of nitrogens with zero attached hydrogens (tertiary/aromatic N) is 3. The first-order valence-corrected chi connectivity index (χ1v) is 9.11. The van der Waals surface area contributed by atoms with Crippen molar-refractivity contribution in [1.82, 2.24) is 14.9 Å². The number of carbonyl (C=O) groups is 1. The number of rotatable bonds is 4. The summed E-state index contributed by atoms with van der Waals surface area (Å²) in [7, 11) is 1.59. The largest absolute Gasteiger partial charge is 0.495 e. The van der Waals surface area contributed by atoms with E-state index in [1.165, 1.54) is 0 Å². The van der Waals surface area contributed by atoms with Gasteiger partial charge in [0.05, 0.1) is 13.3 Å². The van der Waals surface area contributed by atoms with Gasteiger partial charge in [-0.15, -0.1) is 0 Å². The summed E-state index contributed by atoms with van der Waals surface area (Å²) in [6.45, 7) is 1.50. The Morgan fingerprint density at radius 2 is 1.85 bits per heavy atom. The predicted octanol–water partition coefficient (Wildman–Crippen LogP) is 4.04. The first kappa shape index (κ1) is 17.3. The van der Waals surface area contributed by atoms with E-state index in [1.807, 2.05) is 41.3 Å². The monoisotopic (exact) mass is 363 g/mol. The van der Waals surface area contributed by atoms with Gasteiger partial charge in [-0.3, -0.25) is 9.78 Å². The van der Waals surface area contributed by atoms with Crippen LogP contribution in [0.25, 0.3) is 22.6 Å². The van der Waals surface area contributed by atoms with Gasteiger partial charge in [-0.05, 0) is 25.3 Å². The van der Waals surface area contributed by atoms with Gasteiger partial charge in [0.2, 0.25) is 0 Å². The Morgan fingerprint density at radius 1 is 1.07 bits per heavy atom. The second-order valence-corrected chi connectivity index (χ2v) is 6.53. The molecule has 0 bridgehead atoms. The summed E-state index contributed by atoms with van der Waals surface area (Å²) >= 11 is 0. The molecule has 0 atom stereocenters. The van der Waals surface area contributed by atoms with Crippen LogP contribution < -0.4 is 4.74 Å². The van der Waals surface area contributed by atoms with Crippen LogP contribution in [0.3, 0.4) is 0 Å². The van der Waals surface area contributed by atoms with E-state index in [4.69, 9.17) is 9.15 Å². The number of benzene rings is 1. The lowest BCUT2D eigenvalue weighted by Crippen LogP contribution is -2.35. The Morgan fingerprint density at radius 3 is 2.59 bits per heavy atom. The summed E-state index contributed by atoms with van der Waals surface area (Å²) in [4.78, 5) is 23.5.